The summed E-state index contributed by atoms with van der Waals surface area (Å²) in [6.07, 6.45) is 0. The third kappa shape index (κ3) is 6.67. The number of hydrogen-bond donors (Lipinski definition) is 1. The normalized spacial score (nSPS) is 12.0. The fourth-order valence-corrected chi connectivity index (χ4v) is 5.34. The maximum atomic E-state index is 14.9. The molecule has 3 aromatic rings. The van der Waals surface area contributed by atoms with E-state index in [9.17, 15) is 22.4 Å². The SMILES string of the molecule is CCNC(=O)C(C)N(Cc1ccccc1Cl)C(=O)CN(c1ccccc1F)S(=O)(=O)c1ccc(C)cc1. The highest BCUT2D eigenvalue weighted by molar-refractivity contribution is 7.92. The van der Waals surface area contributed by atoms with Crippen molar-refractivity contribution in [2.75, 3.05) is 17.4 Å². The van der Waals surface area contributed by atoms with E-state index in [4.69, 9.17) is 11.6 Å². The van der Waals surface area contributed by atoms with Crippen LogP contribution in [-0.2, 0) is 26.2 Å². The summed E-state index contributed by atoms with van der Waals surface area (Å²) in [5.41, 5.74) is 1.14. The summed E-state index contributed by atoms with van der Waals surface area (Å²) in [5.74, 6) is -1.92. The van der Waals surface area contributed by atoms with Crippen LogP contribution in [0, 0.1) is 12.7 Å². The summed E-state index contributed by atoms with van der Waals surface area (Å²) in [4.78, 5) is 27.6. The zero-order valence-corrected chi connectivity index (χ0v) is 22.4. The summed E-state index contributed by atoms with van der Waals surface area (Å²) in [7, 11) is -4.34. The first-order valence-corrected chi connectivity index (χ1v) is 13.5. The Labute approximate surface area is 221 Å². The molecule has 7 nitrogen and oxygen atoms in total. The van der Waals surface area contributed by atoms with E-state index in [2.05, 4.69) is 5.32 Å². The van der Waals surface area contributed by atoms with Gasteiger partial charge in [0.2, 0.25) is 11.8 Å². The summed E-state index contributed by atoms with van der Waals surface area (Å²) >= 11 is 6.31. The van der Waals surface area contributed by atoms with Crippen LogP contribution in [0.4, 0.5) is 10.1 Å². The molecule has 0 fully saturated rings. The van der Waals surface area contributed by atoms with Crippen molar-refractivity contribution in [1.29, 1.82) is 0 Å². The van der Waals surface area contributed by atoms with Crippen LogP contribution in [0.5, 0.6) is 0 Å². The van der Waals surface area contributed by atoms with Crippen LogP contribution in [0.1, 0.15) is 25.0 Å². The minimum Gasteiger partial charge on any atom is -0.355 e. The molecule has 1 atom stereocenters. The van der Waals surface area contributed by atoms with E-state index in [0.717, 1.165) is 15.9 Å². The number of nitrogens with zero attached hydrogens (tertiary/aromatic N) is 2. The molecule has 0 spiro atoms. The number of amides is 2. The Morgan fingerprint density at radius 3 is 2.24 bits per heavy atom. The Balaban J connectivity index is 2.05. The molecule has 0 saturated heterocycles. The molecule has 0 aliphatic rings. The number of hydrogen-bond acceptors (Lipinski definition) is 4. The Hall–Kier alpha value is -3.43. The summed E-state index contributed by atoms with van der Waals surface area (Å²) < 4.78 is 42.9. The number of carbonyl (C=O) groups is 2. The van der Waals surface area contributed by atoms with Crippen molar-refractivity contribution in [1.82, 2.24) is 10.2 Å². The van der Waals surface area contributed by atoms with E-state index in [1.807, 2.05) is 6.92 Å². The molecule has 0 saturated carbocycles. The van der Waals surface area contributed by atoms with Gasteiger partial charge in [-0.2, -0.15) is 0 Å². The first kappa shape index (κ1) is 28.1. The fourth-order valence-electron chi connectivity index (χ4n) is 3.72. The lowest BCUT2D eigenvalue weighted by molar-refractivity contribution is -0.139. The number of sulfonamides is 1. The number of rotatable bonds is 10. The van der Waals surface area contributed by atoms with Gasteiger partial charge in [0.15, 0.2) is 0 Å². The number of para-hydroxylation sites is 1. The van der Waals surface area contributed by atoms with Crippen molar-refractivity contribution in [3.63, 3.8) is 0 Å². The smallest absolute Gasteiger partial charge is 0.264 e. The molecule has 10 heteroatoms. The lowest BCUT2D eigenvalue weighted by atomic mass is 10.1. The number of aryl methyl sites for hydroxylation is 1. The van der Waals surface area contributed by atoms with E-state index < -0.39 is 40.2 Å². The maximum absolute atomic E-state index is 14.9. The number of anilines is 1. The van der Waals surface area contributed by atoms with Crippen LogP contribution in [0.25, 0.3) is 0 Å². The molecule has 37 heavy (non-hydrogen) atoms. The van der Waals surface area contributed by atoms with Crippen molar-refractivity contribution >= 4 is 39.1 Å². The van der Waals surface area contributed by atoms with Crippen LogP contribution in [-0.4, -0.2) is 44.3 Å². The maximum Gasteiger partial charge on any atom is 0.264 e. The Morgan fingerprint density at radius 1 is 1.00 bits per heavy atom. The summed E-state index contributed by atoms with van der Waals surface area (Å²) in [5, 5.41) is 3.07. The molecule has 0 aliphatic heterocycles. The van der Waals surface area contributed by atoms with Crippen molar-refractivity contribution in [2.45, 2.75) is 38.3 Å². The van der Waals surface area contributed by atoms with Crippen molar-refractivity contribution < 1.29 is 22.4 Å². The van der Waals surface area contributed by atoms with Crippen molar-refractivity contribution in [2.24, 2.45) is 0 Å². The van der Waals surface area contributed by atoms with Gasteiger partial charge in [-0.05, 0) is 56.7 Å². The topological polar surface area (TPSA) is 86.8 Å². The van der Waals surface area contributed by atoms with Gasteiger partial charge in [-0.3, -0.25) is 13.9 Å². The van der Waals surface area contributed by atoms with Gasteiger partial charge in [0.25, 0.3) is 10.0 Å². The standard InChI is InChI=1S/C27H29ClFN3O4S/c1-4-30-27(34)20(3)31(17-21-9-5-6-10-23(21)28)26(33)18-32(25-12-8-7-11-24(25)29)37(35,36)22-15-13-19(2)14-16-22/h5-16,20H,4,17-18H2,1-3H3,(H,30,34). The van der Waals surface area contributed by atoms with Crippen LogP contribution < -0.4 is 9.62 Å². The van der Waals surface area contributed by atoms with E-state index in [0.29, 0.717) is 17.1 Å². The average Bonchev–Trinajstić information content (AvgIpc) is 2.87. The highest BCUT2D eigenvalue weighted by Crippen LogP contribution is 2.27. The van der Waals surface area contributed by atoms with Gasteiger partial charge in [-0.25, -0.2) is 12.8 Å². The second kappa shape index (κ2) is 12.2. The number of nitrogens with one attached hydrogen (secondary N) is 1. The molecule has 0 aromatic heterocycles. The second-order valence-electron chi connectivity index (χ2n) is 8.46. The monoisotopic (exact) mass is 545 g/mol. The van der Waals surface area contributed by atoms with E-state index in [1.165, 1.54) is 35.2 Å². The van der Waals surface area contributed by atoms with Crippen LogP contribution in [0.3, 0.4) is 0 Å². The Bertz CT molecular complexity index is 1370. The van der Waals surface area contributed by atoms with Crippen molar-refractivity contribution in [3.05, 3.63) is 94.8 Å². The molecule has 0 radical (unpaired) electrons. The van der Waals surface area contributed by atoms with E-state index in [-0.39, 0.29) is 17.1 Å². The first-order valence-electron chi connectivity index (χ1n) is 11.7. The number of benzene rings is 3. The minimum absolute atomic E-state index is 0.0491. The van der Waals surface area contributed by atoms with Gasteiger partial charge in [-0.1, -0.05) is 59.6 Å². The zero-order chi connectivity index (χ0) is 27.2. The molecule has 0 bridgehead atoms. The predicted molar refractivity (Wildman–Crippen MR) is 142 cm³/mol. The van der Waals surface area contributed by atoms with Gasteiger partial charge in [0.1, 0.15) is 18.4 Å². The molecule has 1 unspecified atom stereocenters. The minimum atomic E-state index is -4.34. The van der Waals surface area contributed by atoms with E-state index in [1.54, 1.807) is 50.2 Å². The average molecular weight is 546 g/mol. The van der Waals surface area contributed by atoms with Gasteiger partial charge in [0.05, 0.1) is 10.6 Å². The number of carbonyl (C=O) groups excluding carboxylic acids is 2. The highest BCUT2D eigenvalue weighted by atomic mass is 35.5. The van der Waals surface area contributed by atoms with Crippen LogP contribution in [0.2, 0.25) is 5.02 Å². The Kier molecular flexibility index (Phi) is 9.29. The quantitative estimate of drug-likeness (QED) is 0.405. The Morgan fingerprint density at radius 2 is 1.62 bits per heavy atom. The predicted octanol–water partition coefficient (Wildman–Crippen LogP) is 4.54. The lowest BCUT2D eigenvalue weighted by Crippen LogP contribution is -2.51. The second-order valence-corrected chi connectivity index (χ2v) is 10.7. The number of halogens is 2. The van der Waals surface area contributed by atoms with E-state index >= 15 is 0 Å². The van der Waals surface area contributed by atoms with Gasteiger partial charge >= 0.3 is 0 Å². The van der Waals surface area contributed by atoms with Gasteiger partial charge in [0, 0.05) is 18.1 Å². The van der Waals surface area contributed by atoms with Crippen LogP contribution in [0.15, 0.2) is 77.7 Å². The third-order valence-electron chi connectivity index (χ3n) is 5.83. The first-order chi connectivity index (χ1) is 17.6. The molecule has 3 rings (SSSR count). The largest absolute Gasteiger partial charge is 0.355 e. The molecular formula is C27H29ClFN3O4S. The highest BCUT2D eigenvalue weighted by Gasteiger charge is 2.33. The zero-order valence-electron chi connectivity index (χ0n) is 20.8. The fraction of sp³-hybridized carbons (Fsp3) is 0.259. The van der Waals surface area contributed by atoms with Gasteiger partial charge in [-0.15, -0.1) is 0 Å². The number of likely N-dealkylation sites (N-methyl/N-ethyl adjacent to an activating group) is 1. The molecule has 3 aromatic carbocycles. The van der Waals surface area contributed by atoms with Gasteiger partial charge < -0.3 is 10.2 Å². The molecule has 0 aliphatic carbocycles. The molecule has 2 amide bonds. The summed E-state index contributed by atoms with van der Waals surface area (Å²) in [6, 6.07) is 17.3. The van der Waals surface area contributed by atoms with Crippen LogP contribution >= 0.6 is 11.6 Å². The molecule has 196 valence electrons. The molecule has 0 heterocycles. The molecule has 1 N–H and O–H groups in total. The van der Waals surface area contributed by atoms with Crippen molar-refractivity contribution in [3.8, 4) is 0 Å². The molecular weight excluding hydrogens is 517 g/mol. The summed E-state index contributed by atoms with van der Waals surface area (Å²) in [6.45, 7) is 4.67. The lowest BCUT2D eigenvalue weighted by Gasteiger charge is -2.32. The third-order valence-corrected chi connectivity index (χ3v) is 7.97.